The van der Waals surface area contributed by atoms with Crippen LogP contribution in [-0.2, 0) is 14.3 Å². The van der Waals surface area contributed by atoms with E-state index in [9.17, 15) is 19.8 Å². The van der Waals surface area contributed by atoms with E-state index in [2.05, 4.69) is 19.2 Å². The number of carbonyl (C=O) groups excluding carboxylic acids is 2. The van der Waals surface area contributed by atoms with Crippen molar-refractivity contribution in [2.24, 2.45) is 0 Å². The number of unbranched alkanes of at least 4 members (excludes halogenated alkanes) is 53. The predicted octanol–water partition coefficient (Wildman–Crippen LogP) is 21.6. The molecule has 1 amide bonds. The van der Waals surface area contributed by atoms with Crippen molar-refractivity contribution in [2.75, 3.05) is 13.2 Å². The molecule has 2 unspecified atom stereocenters. The fraction of sp³-hybridized carbons (Fsp3) is 0.941. The van der Waals surface area contributed by atoms with Gasteiger partial charge in [0.25, 0.3) is 0 Å². The van der Waals surface area contributed by atoms with E-state index in [1.54, 1.807) is 6.08 Å². The Morgan fingerprint density at radius 1 is 0.365 bits per heavy atom. The van der Waals surface area contributed by atoms with Gasteiger partial charge < -0.3 is 20.3 Å². The van der Waals surface area contributed by atoms with Crippen molar-refractivity contribution in [1.29, 1.82) is 0 Å². The number of allylic oxidation sites excluding steroid dienone is 1. The summed E-state index contributed by atoms with van der Waals surface area (Å²) in [6.07, 6.45) is 78.5. The summed E-state index contributed by atoms with van der Waals surface area (Å²) in [5.74, 6) is -0.0431. The topological polar surface area (TPSA) is 95.9 Å². The molecule has 6 nitrogen and oxygen atoms in total. The fourth-order valence-corrected chi connectivity index (χ4v) is 10.9. The highest BCUT2D eigenvalue weighted by Gasteiger charge is 2.18. The van der Waals surface area contributed by atoms with Gasteiger partial charge in [0.15, 0.2) is 0 Å². The Kier molecular flexibility index (Phi) is 62.9. The van der Waals surface area contributed by atoms with Crippen LogP contribution in [0.1, 0.15) is 386 Å². The van der Waals surface area contributed by atoms with Crippen molar-refractivity contribution >= 4 is 11.9 Å². The number of hydrogen-bond acceptors (Lipinski definition) is 5. The van der Waals surface area contributed by atoms with E-state index < -0.39 is 12.1 Å². The van der Waals surface area contributed by atoms with Crippen LogP contribution in [0.25, 0.3) is 0 Å². The molecule has 3 N–H and O–H groups in total. The van der Waals surface area contributed by atoms with Crippen LogP contribution in [0.3, 0.4) is 0 Å². The monoisotopic (exact) mass is 1040 g/mol. The summed E-state index contributed by atoms with van der Waals surface area (Å²) in [4.78, 5) is 24.5. The lowest BCUT2D eigenvalue weighted by Gasteiger charge is -2.20. The summed E-state index contributed by atoms with van der Waals surface area (Å²) in [6.45, 7) is 4.94. The molecule has 0 rings (SSSR count). The molecule has 0 saturated carbocycles. The van der Waals surface area contributed by atoms with Crippen LogP contribution in [0.15, 0.2) is 12.2 Å². The van der Waals surface area contributed by atoms with Crippen molar-refractivity contribution < 1.29 is 24.5 Å². The molecule has 440 valence electrons. The minimum atomic E-state index is -0.842. The first-order chi connectivity index (χ1) is 36.5. The number of esters is 1. The highest BCUT2D eigenvalue weighted by molar-refractivity contribution is 5.76. The third kappa shape index (κ3) is 59.8. The molecule has 0 aliphatic rings. The van der Waals surface area contributed by atoms with Gasteiger partial charge >= 0.3 is 5.97 Å². The second kappa shape index (κ2) is 64.1. The molecule has 0 spiro atoms. The highest BCUT2D eigenvalue weighted by atomic mass is 16.5. The second-order valence-corrected chi connectivity index (χ2v) is 23.5. The van der Waals surface area contributed by atoms with Crippen LogP contribution in [0, 0.1) is 0 Å². The molecule has 2 atom stereocenters. The Morgan fingerprint density at radius 3 is 0.919 bits per heavy atom. The lowest BCUT2D eigenvalue weighted by atomic mass is 10.0. The molecule has 0 aliphatic heterocycles. The van der Waals surface area contributed by atoms with Crippen LogP contribution < -0.4 is 5.32 Å². The Balaban J connectivity index is 3.37. The minimum Gasteiger partial charge on any atom is -0.466 e. The summed E-state index contributed by atoms with van der Waals surface area (Å²) < 4.78 is 5.47. The van der Waals surface area contributed by atoms with Gasteiger partial charge in [-0.3, -0.25) is 9.59 Å². The average molecular weight is 1040 g/mol. The van der Waals surface area contributed by atoms with Gasteiger partial charge in [-0.1, -0.05) is 353 Å². The number of carbonyl (C=O) groups is 2. The van der Waals surface area contributed by atoms with E-state index in [-0.39, 0.29) is 18.5 Å². The van der Waals surface area contributed by atoms with Gasteiger partial charge in [0, 0.05) is 12.8 Å². The van der Waals surface area contributed by atoms with Gasteiger partial charge in [0.1, 0.15) is 0 Å². The average Bonchev–Trinajstić information content (AvgIpc) is 3.40. The fourth-order valence-electron chi connectivity index (χ4n) is 10.9. The smallest absolute Gasteiger partial charge is 0.305 e. The van der Waals surface area contributed by atoms with E-state index in [4.69, 9.17) is 4.74 Å². The molecule has 6 heteroatoms. The largest absolute Gasteiger partial charge is 0.466 e. The predicted molar refractivity (Wildman–Crippen MR) is 324 cm³/mol. The standard InChI is InChI=1S/C68H133NO5/c1-3-5-7-9-11-13-15-16-17-18-28-31-34-37-41-44-48-52-56-60-66(71)65(64-70)69-67(72)61-57-53-49-45-42-38-35-32-29-26-24-22-20-19-21-23-25-27-30-33-36-39-43-47-51-55-59-63-74-68(73)62-58-54-50-46-40-14-12-10-8-6-4-2/h56,60,65-66,70-71H,3-55,57-59,61-64H2,1-2H3,(H,69,72)/b60-56+. The summed E-state index contributed by atoms with van der Waals surface area (Å²) in [6, 6.07) is -0.625. The van der Waals surface area contributed by atoms with Crippen LogP contribution in [0.5, 0.6) is 0 Å². The van der Waals surface area contributed by atoms with Gasteiger partial charge in [-0.15, -0.1) is 0 Å². The molecule has 0 aromatic carbocycles. The molecule has 0 aliphatic carbocycles. The van der Waals surface area contributed by atoms with Gasteiger partial charge in [0.05, 0.1) is 25.4 Å². The molecule has 0 heterocycles. The van der Waals surface area contributed by atoms with Crippen molar-refractivity contribution in [3.63, 3.8) is 0 Å². The third-order valence-corrected chi connectivity index (χ3v) is 16.1. The maximum Gasteiger partial charge on any atom is 0.305 e. The molecule has 0 aromatic rings. The molecular formula is C68H133NO5. The Bertz CT molecular complexity index is 1110. The number of amides is 1. The number of aliphatic hydroxyl groups is 2. The highest BCUT2D eigenvalue weighted by Crippen LogP contribution is 2.19. The molecular weight excluding hydrogens is 911 g/mol. The summed E-state index contributed by atoms with van der Waals surface area (Å²) in [7, 11) is 0. The second-order valence-electron chi connectivity index (χ2n) is 23.5. The molecule has 0 fully saturated rings. The van der Waals surface area contributed by atoms with E-state index in [1.165, 1.54) is 321 Å². The van der Waals surface area contributed by atoms with Gasteiger partial charge in [-0.25, -0.2) is 0 Å². The number of rotatable bonds is 64. The Labute approximate surface area is 463 Å². The first kappa shape index (κ1) is 72.6. The van der Waals surface area contributed by atoms with Crippen molar-refractivity contribution in [3.8, 4) is 0 Å². The zero-order valence-electron chi connectivity index (χ0n) is 50.4. The van der Waals surface area contributed by atoms with Gasteiger partial charge in [-0.05, 0) is 32.1 Å². The SMILES string of the molecule is CCCCCCCCCCCCCCCCCCC/C=C/C(O)C(CO)NC(=O)CCCCCCCCCCCCCCCCCCCCCCCCCCCCCOC(=O)CCCCCCCCCCCCC. The number of hydrogen-bond donors (Lipinski definition) is 3. The molecule has 0 bridgehead atoms. The third-order valence-electron chi connectivity index (χ3n) is 16.1. The number of ether oxygens (including phenoxy) is 1. The summed E-state index contributed by atoms with van der Waals surface area (Å²) >= 11 is 0. The molecule has 74 heavy (non-hydrogen) atoms. The lowest BCUT2D eigenvalue weighted by Crippen LogP contribution is -2.45. The maximum atomic E-state index is 12.5. The maximum absolute atomic E-state index is 12.5. The van der Waals surface area contributed by atoms with Crippen LogP contribution in [0.2, 0.25) is 0 Å². The zero-order chi connectivity index (χ0) is 53.6. The molecule has 0 saturated heterocycles. The first-order valence-electron chi connectivity index (χ1n) is 34.0. The first-order valence-corrected chi connectivity index (χ1v) is 34.0. The van der Waals surface area contributed by atoms with Crippen LogP contribution >= 0.6 is 0 Å². The summed E-state index contributed by atoms with van der Waals surface area (Å²) in [5, 5.41) is 23.2. The molecule has 0 radical (unpaired) electrons. The normalized spacial score (nSPS) is 12.5. The Morgan fingerprint density at radius 2 is 0.622 bits per heavy atom. The number of aliphatic hydroxyl groups excluding tert-OH is 2. The van der Waals surface area contributed by atoms with Crippen molar-refractivity contribution in [2.45, 2.75) is 398 Å². The van der Waals surface area contributed by atoms with Gasteiger partial charge in [0.2, 0.25) is 5.91 Å². The zero-order valence-corrected chi connectivity index (χ0v) is 50.4. The van der Waals surface area contributed by atoms with E-state index in [0.29, 0.717) is 19.4 Å². The van der Waals surface area contributed by atoms with Crippen LogP contribution in [0.4, 0.5) is 0 Å². The van der Waals surface area contributed by atoms with Crippen molar-refractivity contribution in [1.82, 2.24) is 5.32 Å². The van der Waals surface area contributed by atoms with E-state index in [0.717, 1.165) is 38.5 Å². The van der Waals surface area contributed by atoms with Crippen molar-refractivity contribution in [3.05, 3.63) is 12.2 Å². The Hall–Kier alpha value is -1.40. The molecule has 0 aromatic heterocycles. The van der Waals surface area contributed by atoms with Gasteiger partial charge in [-0.2, -0.15) is 0 Å². The summed E-state index contributed by atoms with van der Waals surface area (Å²) in [5.41, 5.74) is 0. The lowest BCUT2D eigenvalue weighted by molar-refractivity contribution is -0.143. The van der Waals surface area contributed by atoms with E-state index in [1.807, 2.05) is 6.08 Å². The number of nitrogens with one attached hydrogen (secondary N) is 1. The quantitative estimate of drug-likeness (QED) is 0.0320. The van der Waals surface area contributed by atoms with Crippen LogP contribution in [-0.4, -0.2) is 47.4 Å². The minimum absolute atomic E-state index is 0.0182. The van der Waals surface area contributed by atoms with E-state index >= 15 is 0 Å².